The standard InChI is InChI=1S/C36H23NS.C26H35OP.C24H17N.C12H7IS/c1-3-14-26-24(12-1)25-13-2-4-15-27(25)29-17-6-9-21-33(29)37(32-20-8-5-16-28(26)32)34-22-11-19-31-30-18-7-10-23-35(30)38-36(31)34;1-20-12-11-18-24(27-2)26(20)23-17-9-10-19-25(23)28(21-13-5-3-6-14-21)22-15-7-4-8-16-22;1-3-11-19-17(9-1)18-10-2-4-12-20(18)22-14-6-8-16-24(22)25-23-15-7-5-13-21(19)23;13-10-6-3-5-9-8-4-1-2-7-11(8)14-12(9)10/h1-23H;9-12,17-19,21-22H,3-8,13-16H2,1-2H3;1-16,25H;1-7H. The van der Waals surface area contributed by atoms with E-state index in [-0.39, 0.29) is 7.92 Å². The second-order valence-corrected chi connectivity index (χ2v) is 33.9. The minimum Gasteiger partial charge on any atom is -0.496 e. The Labute approximate surface area is 637 Å². The van der Waals surface area contributed by atoms with Gasteiger partial charge in [-0.3, -0.25) is 0 Å². The second kappa shape index (κ2) is 31.0. The van der Waals surface area contributed by atoms with Crippen LogP contribution in [0.1, 0.15) is 69.8 Å². The number of fused-ring (bicyclic) bond motifs is 20. The molecule has 0 unspecified atom stereocenters. The molecule has 0 atom stereocenters. The Bertz CT molecular complexity index is 6160. The van der Waals surface area contributed by atoms with Crippen LogP contribution in [-0.2, 0) is 0 Å². The van der Waals surface area contributed by atoms with Crippen LogP contribution in [0.4, 0.5) is 0 Å². The molecule has 0 saturated heterocycles. The summed E-state index contributed by atoms with van der Waals surface area (Å²) in [6, 6.07) is 116. The summed E-state index contributed by atoms with van der Waals surface area (Å²) in [5.74, 6) is 1.02. The fourth-order valence-corrected chi connectivity index (χ4v) is 24.0. The largest absolute Gasteiger partial charge is 0.496 e. The van der Waals surface area contributed by atoms with E-state index in [1.807, 2.05) is 29.8 Å². The number of aromatic nitrogens is 2. The van der Waals surface area contributed by atoms with E-state index in [4.69, 9.17) is 4.74 Å². The van der Waals surface area contributed by atoms with Gasteiger partial charge in [-0.1, -0.05) is 313 Å². The van der Waals surface area contributed by atoms with Crippen LogP contribution in [-0.4, -0.2) is 28.0 Å². The van der Waals surface area contributed by atoms with Gasteiger partial charge in [0.25, 0.3) is 0 Å². The number of para-hydroxylation sites is 4. The summed E-state index contributed by atoms with van der Waals surface area (Å²) < 4.78 is 15.1. The Morgan fingerprint density at radius 3 is 1.20 bits per heavy atom. The van der Waals surface area contributed by atoms with Crippen LogP contribution in [0, 0.1) is 10.5 Å². The molecule has 2 aliphatic carbocycles. The summed E-state index contributed by atoms with van der Waals surface area (Å²) >= 11 is 6.16. The Balaban J connectivity index is 0.000000108. The molecule has 4 heterocycles. The molecule has 514 valence electrons. The molecule has 14 aromatic carbocycles. The first kappa shape index (κ1) is 68.2. The number of benzene rings is 14. The number of thiophene rings is 2. The van der Waals surface area contributed by atoms with E-state index in [0.29, 0.717) is 0 Å². The normalized spacial score (nSPS) is 13.5. The molecule has 2 fully saturated rings. The summed E-state index contributed by atoms with van der Waals surface area (Å²) in [5.41, 5.74) is 11.8. The van der Waals surface area contributed by atoms with E-state index in [0.717, 1.165) is 28.1 Å². The van der Waals surface area contributed by atoms with Crippen molar-refractivity contribution in [3.63, 3.8) is 0 Å². The number of nitrogens with one attached hydrogen (secondary N) is 1. The fourth-order valence-electron chi connectivity index (χ4n) is 16.9. The van der Waals surface area contributed by atoms with Crippen LogP contribution in [0.5, 0.6) is 5.75 Å². The molecule has 0 radical (unpaired) electrons. The predicted molar refractivity (Wildman–Crippen MR) is 470 cm³/mol. The summed E-state index contributed by atoms with van der Waals surface area (Å²) in [6.45, 7) is 2.23. The lowest BCUT2D eigenvalue weighted by atomic mass is 9.99. The van der Waals surface area contributed by atoms with E-state index >= 15 is 0 Å². The van der Waals surface area contributed by atoms with Crippen LogP contribution in [0.3, 0.4) is 0 Å². The number of nitrogens with zero attached hydrogens (tertiary/aromatic N) is 1. The number of hydrogen-bond acceptors (Lipinski definition) is 3. The number of hydrogen-bond donors (Lipinski definition) is 1. The second-order valence-electron chi connectivity index (χ2n) is 27.9. The highest BCUT2D eigenvalue weighted by Gasteiger charge is 2.34. The van der Waals surface area contributed by atoms with Crippen molar-refractivity contribution in [3.8, 4) is 22.6 Å². The highest BCUT2D eigenvalue weighted by molar-refractivity contribution is 14.1. The zero-order valence-corrected chi connectivity index (χ0v) is 64.0. The first-order chi connectivity index (χ1) is 52.0. The summed E-state index contributed by atoms with van der Waals surface area (Å²) in [4.78, 5) is 3.66. The molecule has 2 saturated carbocycles. The molecular weight excluding hydrogens is 1440 g/mol. The van der Waals surface area contributed by atoms with Crippen molar-refractivity contribution in [1.29, 1.82) is 0 Å². The molecule has 0 aliphatic heterocycles. The van der Waals surface area contributed by atoms with Gasteiger partial charge in [-0.25, -0.2) is 0 Å². The van der Waals surface area contributed by atoms with Gasteiger partial charge in [0, 0.05) is 77.4 Å². The Morgan fingerprint density at radius 2 is 0.705 bits per heavy atom. The van der Waals surface area contributed by atoms with Gasteiger partial charge in [0.1, 0.15) is 5.75 Å². The molecule has 0 spiro atoms. The fraction of sp³-hybridized carbons (Fsp3) is 0.143. The molecule has 7 heteroatoms. The van der Waals surface area contributed by atoms with Gasteiger partial charge < -0.3 is 14.3 Å². The molecular formula is C98H82IN2OPS2. The highest BCUT2D eigenvalue weighted by Crippen LogP contribution is 2.57. The minimum atomic E-state index is -0.122. The van der Waals surface area contributed by atoms with Crippen LogP contribution in [0.15, 0.2) is 322 Å². The molecule has 2 aliphatic rings. The number of rotatable bonds is 6. The number of aromatic amines is 1. The van der Waals surface area contributed by atoms with E-state index in [1.54, 1.807) is 5.30 Å². The van der Waals surface area contributed by atoms with Gasteiger partial charge >= 0.3 is 0 Å². The summed E-state index contributed by atoms with van der Waals surface area (Å²) in [6.07, 6.45) is 14.4. The number of ether oxygens (including phenoxy) is 1. The lowest BCUT2D eigenvalue weighted by molar-refractivity contribution is 0.416. The van der Waals surface area contributed by atoms with Crippen molar-refractivity contribution < 1.29 is 4.74 Å². The molecule has 20 rings (SSSR count). The van der Waals surface area contributed by atoms with Crippen LogP contribution in [0.2, 0.25) is 0 Å². The molecule has 0 amide bonds. The maximum atomic E-state index is 5.81. The Kier molecular flexibility index (Phi) is 20.2. The van der Waals surface area contributed by atoms with Gasteiger partial charge in [-0.15, -0.1) is 22.7 Å². The third kappa shape index (κ3) is 13.5. The quantitative estimate of drug-likeness (QED) is 0.130. The highest BCUT2D eigenvalue weighted by atomic mass is 127. The molecule has 4 aromatic heterocycles. The average molecular weight is 1530 g/mol. The van der Waals surface area contributed by atoms with Crippen molar-refractivity contribution in [2.24, 2.45) is 0 Å². The molecule has 18 aromatic rings. The third-order valence-electron chi connectivity index (χ3n) is 21.7. The first-order valence-corrected chi connectivity index (χ1v) is 41.4. The molecule has 1 N–H and O–H groups in total. The number of halogens is 1. The van der Waals surface area contributed by atoms with E-state index in [9.17, 15) is 0 Å². The van der Waals surface area contributed by atoms with E-state index in [2.05, 4.69) is 361 Å². The third-order valence-corrected chi connectivity index (χ3v) is 28.9. The summed E-state index contributed by atoms with van der Waals surface area (Å²) in [7, 11) is 1.69. The topological polar surface area (TPSA) is 29.9 Å². The van der Waals surface area contributed by atoms with Gasteiger partial charge in [0.2, 0.25) is 0 Å². The van der Waals surface area contributed by atoms with Gasteiger partial charge in [-0.2, -0.15) is 0 Å². The zero-order chi connectivity index (χ0) is 70.6. The number of methoxy groups -OCH3 is 1. The van der Waals surface area contributed by atoms with E-state index in [1.165, 1.54) is 206 Å². The van der Waals surface area contributed by atoms with Crippen LogP contribution >= 0.6 is 53.2 Å². The van der Waals surface area contributed by atoms with Gasteiger partial charge in [0.05, 0.1) is 28.5 Å². The zero-order valence-electron chi connectivity index (χ0n) is 59.3. The van der Waals surface area contributed by atoms with Crippen LogP contribution in [0.25, 0.3) is 144 Å². The van der Waals surface area contributed by atoms with Crippen molar-refractivity contribution in [2.45, 2.75) is 82.4 Å². The maximum Gasteiger partial charge on any atom is 0.126 e. The van der Waals surface area contributed by atoms with Gasteiger partial charge in [0.15, 0.2) is 0 Å². The number of aryl methyl sites for hydroxylation is 1. The molecule has 0 bridgehead atoms. The van der Waals surface area contributed by atoms with Crippen molar-refractivity contribution in [3.05, 3.63) is 331 Å². The SMILES string of the molecule is COc1cccc(C)c1-c1ccccc1P(C1CCCCC1)C1CCCCC1.Ic1cccc2c1sc1ccccc12.c1ccc2c(c1)[nH]c1ccccc1c1ccccc1c1ccccc21.c1ccc2c(c1)sc1c(-n3c4ccccc4c4ccccc4c4ccccc4c4ccccc43)cccc12. The van der Waals surface area contributed by atoms with Crippen molar-refractivity contribution in [2.75, 3.05) is 7.11 Å². The minimum absolute atomic E-state index is 0.122. The molecule has 3 nitrogen and oxygen atoms in total. The maximum absolute atomic E-state index is 5.81. The average Bonchev–Trinajstić information content (AvgIpc) is 1.62. The van der Waals surface area contributed by atoms with E-state index < -0.39 is 0 Å². The smallest absolute Gasteiger partial charge is 0.126 e. The van der Waals surface area contributed by atoms with Crippen LogP contribution < -0.4 is 10.0 Å². The lowest BCUT2D eigenvalue weighted by Gasteiger charge is -2.39. The Morgan fingerprint density at radius 1 is 0.343 bits per heavy atom. The number of H-pyrrole nitrogens is 1. The van der Waals surface area contributed by atoms with Crippen molar-refractivity contribution in [1.82, 2.24) is 9.55 Å². The summed E-state index contributed by atoms with van der Waals surface area (Å²) in [5, 5.41) is 22.0. The predicted octanol–water partition coefficient (Wildman–Crippen LogP) is 29.4. The lowest BCUT2D eigenvalue weighted by Crippen LogP contribution is -2.27. The monoisotopic (exact) mass is 1520 g/mol. The molecule has 105 heavy (non-hydrogen) atoms. The first-order valence-electron chi connectivity index (χ1n) is 37.2. The van der Waals surface area contributed by atoms with Gasteiger partial charge in [-0.05, 0) is 181 Å². The Hall–Kier alpha value is -9.92. The van der Waals surface area contributed by atoms with Crippen molar-refractivity contribution >= 4 is 186 Å².